The molecule has 0 fully saturated rings. The van der Waals surface area contributed by atoms with Gasteiger partial charge >= 0.3 is 5.97 Å². The van der Waals surface area contributed by atoms with Gasteiger partial charge in [-0.2, -0.15) is 0 Å². The molecule has 0 saturated carbocycles. The van der Waals surface area contributed by atoms with Gasteiger partial charge < -0.3 is 14.2 Å². The number of methoxy groups -OCH3 is 2. The number of ether oxygens (including phenoxy) is 3. The highest BCUT2D eigenvalue weighted by Crippen LogP contribution is 2.03. The SMILES string of the molecule is C=CC(=O)OC(C)C(OC)OC. The summed E-state index contributed by atoms with van der Waals surface area (Å²) in [6, 6.07) is 0. The van der Waals surface area contributed by atoms with Gasteiger partial charge in [0.2, 0.25) is 0 Å². The van der Waals surface area contributed by atoms with Gasteiger partial charge in [0.05, 0.1) is 0 Å². The van der Waals surface area contributed by atoms with E-state index in [2.05, 4.69) is 6.58 Å². The fourth-order valence-corrected chi connectivity index (χ4v) is 0.766. The third-order valence-electron chi connectivity index (χ3n) is 1.32. The van der Waals surface area contributed by atoms with Crippen molar-refractivity contribution in [1.29, 1.82) is 0 Å². The van der Waals surface area contributed by atoms with Crippen molar-refractivity contribution in [2.75, 3.05) is 14.2 Å². The first-order valence-corrected chi connectivity index (χ1v) is 3.54. The van der Waals surface area contributed by atoms with E-state index < -0.39 is 18.4 Å². The van der Waals surface area contributed by atoms with Crippen LogP contribution in [0.2, 0.25) is 0 Å². The van der Waals surface area contributed by atoms with Crippen LogP contribution in [0, 0.1) is 0 Å². The van der Waals surface area contributed by atoms with Crippen LogP contribution in [0.15, 0.2) is 12.7 Å². The van der Waals surface area contributed by atoms with E-state index in [9.17, 15) is 4.79 Å². The van der Waals surface area contributed by atoms with Gasteiger partial charge in [-0.3, -0.25) is 0 Å². The van der Waals surface area contributed by atoms with Gasteiger partial charge in [0.1, 0.15) is 6.10 Å². The molecule has 0 heterocycles. The second-order valence-electron chi connectivity index (χ2n) is 2.19. The third kappa shape index (κ3) is 3.50. The highest BCUT2D eigenvalue weighted by Gasteiger charge is 2.18. The molecule has 0 rings (SSSR count). The average molecular weight is 174 g/mol. The lowest BCUT2D eigenvalue weighted by Crippen LogP contribution is -2.31. The van der Waals surface area contributed by atoms with Crippen LogP contribution in [0.3, 0.4) is 0 Å². The molecule has 0 bridgehead atoms. The summed E-state index contributed by atoms with van der Waals surface area (Å²) in [5, 5.41) is 0. The molecule has 1 unspecified atom stereocenters. The number of carbonyl (C=O) groups excluding carboxylic acids is 1. The molecule has 4 heteroatoms. The van der Waals surface area contributed by atoms with E-state index in [0.29, 0.717) is 0 Å². The van der Waals surface area contributed by atoms with Gasteiger partial charge in [-0.05, 0) is 6.92 Å². The van der Waals surface area contributed by atoms with E-state index in [-0.39, 0.29) is 0 Å². The number of carbonyl (C=O) groups is 1. The smallest absolute Gasteiger partial charge is 0.330 e. The standard InChI is InChI=1S/C8H14O4/c1-5-7(9)12-6(2)8(10-3)11-4/h5-6,8H,1H2,2-4H3. The van der Waals surface area contributed by atoms with Gasteiger partial charge in [-0.1, -0.05) is 6.58 Å². The van der Waals surface area contributed by atoms with E-state index in [1.807, 2.05) is 0 Å². The summed E-state index contributed by atoms with van der Waals surface area (Å²) in [6.07, 6.45) is 0.123. The fraction of sp³-hybridized carbons (Fsp3) is 0.625. The molecule has 4 nitrogen and oxygen atoms in total. The topological polar surface area (TPSA) is 44.8 Å². The molecule has 0 aromatic carbocycles. The van der Waals surface area contributed by atoms with Crippen molar-refractivity contribution in [3.8, 4) is 0 Å². The molecule has 0 aliphatic heterocycles. The van der Waals surface area contributed by atoms with Crippen LogP contribution in [0.1, 0.15) is 6.92 Å². The van der Waals surface area contributed by atoms with Gasteiger partial charge in [-0.15, -0.1) is 0 Å². The molecular weight excluding hydrogens is 160 g/mol. The first-order valence-electron chi connectivity index (χ1n) is 3.54. The van der Waals surface area contributed by atoms with E-state index in [0.717, 1.165) is 6.08 Å². The molecule has 70 valence electrons. The zero-order valence-electron chi connectivity index (χ0n) is 7.57. The van der Waals surface area contributed by atoms with Crippen molar-refractivity contribution in [1.82, 2.24) is 0 Å². The second-order valence-corrected chi connectivity index (χ2v) is 2.19. The van der Waals surface area contributed by atoms with E-state index in [1.165, 1.54) is 14.2 Å². The molecule has 0 aliphatic rings. The molecule has 0 radical (unpaired) electrons. The molecule has 0 N–H and O–H groups in total. The van der Waals surface area contributed by atoms with Crippen molar-refractivity contribution < 1.29 is 19.0 Å². The van der Waals surface area contributed by atoms with E-state index in [4.69, 9.17) is 14.2 Å². The van der Waals surface area contributed by atoms with Crippen LogP contribution < -0.4 is 0 Å². The molecule has 1 atom stereocenters. The van der Waals surface area contributed by atoms with Gasteiger partial charge in [0.25, 0.3) is 0 Å². The largest absolute Gasteiger partial charge is 0.454 e. The summed E-state index contributed by atoms with van der Waals surface area (Å²) in [4.78, 5) is 10.7. The Labute approximate surface area is 72.1 Å². The summed E-state index contributed by atoms with van der Waals surface area (Å²) in [5.41, 5.74) is 0. The Hall–Kier alpha value is -0.870. The van der Waals surface area contributed by atoms with Crippen LogP contribution >= 0.6 is 0 Å². The number of hydrogen-bond acceptors (Lipinski definition) is 4. The zero-order valence-corrected chi connectivity index (χ0v) is 7.57. The third-order valence-corrected chi connectivity index (χ3v) is 1.32. The van der Waals surface area contributed by atoms with Gasteiger partial charge in [-0.25, -0.2) is 4.79 Å². The lowest BCUT2D eigenvalue weighted by Gasteiger charge is -2.20. The Morgan fingerprint density at radius 3 is 2.25 bits per heavy atom. The molecular formula is C8H14O4. The van der Waals surface area contributed by atoms with E-state index >= 15 is 0 Å². The second kappa shape index (κ2) is 5.74. The fourth-order valence-electron chi connectivity index (χ4n) is 0.766. The predicted molar refractivity (Wildman–Crippen MR) is 43.6 cm³/mol. The van der Waals surface area contributed by atoms with Crippen LogP contribution in [-0.2, 0) is 19.0 Å². The summed E-state index contributed by atoms with van der Waals surface area (Å²) in [6.45, 7) is 4.95. The maximum absolute atomic E-state index is 10.7. The summed E-state index contributed by atoms with van der Waals surface area (Å²) in [7, 11) is 2.96. The maximum atomic E-state index is 10.7. The minimum absolute atomic E-state index is 0.439. The van der Waals surface area contributed by atoms with Crippen molar-refractivity contribution in [2.24, 2.45) is 0 Å². The van der Waals surface area contributed by atoms with Crippen molar-refractivity contribution in [2.45, 2.75) is 19.3 Å². The highest BCUT2D eigenvalue weighted by molar-refractivity contribution is 5.81. The van der Waals surface area contributed by atoms with Gasteiger partial charge in [0.15, 0.2) is 6.29 Å². The Morgan fingerprint density at radius 2 is 1.92 bits per heavy atom. The number of hydrogen-bond donors (Lipinski definition) is 0. The molecule has 0 saturated heterocycles. The number of esters is 1. The Morgan fingerprint density at radius 1 is 1.42 bits per heavy atom. The Bertz CT molecular complexity index is 151. The monoisotopic (exact) mass is 174 g/mol. The highest BCUT2D eigenvalue weighted by atomic mass is 16.7. The van der Waals surface area contributed by atoms with Crippen LogP contribution in [-0.4, -0.2) is 32.6 Å². The first-order chi connectivity index (χ1) is 5.65. The predicted octanol–water partition coefficient (Wildman–Crippen LogP) is 0.723. The van der Waals surface area contributed by atoms with Crippen LogP contribution in [0.25, 0.3) is 0 Å². The average Bonchev–Trinajstić information content (AvgIpc) is 2.06. The Balaban J connectivity index is 3.91. The minimum atomic E-state index is -0.533. The first kappa shape index (κ1) is 11.1. The molecule has 0 amide bonds. The summed E-state index contributed by atoms with van der Waals surface area (Å²) >= 11 is 0. The van der Waals surface area contributed by atoms with Gasteiger partial charge in [0, 0.05) is 20.3 Å². The normalized spacial score (nSPS) is 12.7. The van der Waals surface area contributed by atoms with Crippen LogP contribution in [0.5, 0.6) is 0 Å². The lowest BCUT2D eigenvalue weighted by atomic mass is 10.4. The molecule has 12 heavy (non-hydrogen) atoms. The quantitative estimate of drug-likeness (QED) is 0.350. The molecule has 0 aromatic rings. The zero-order chi connectivity index (χ0) is 9.56. The van der Waals surface area contributed by atoms with Crippen molar-refractivity contribution in [3.05, 3.63) is 12.7 Å². The molecule has 0 aromatic heterocycles. The minimum Gasteiger partial charge on any atom is -0.454 e. The molecule has 0 spiro atoms. The van der Waals surface area contributed by atoms with E-state index in [1.54, 1.807) is 6.92 Å². The lowest BCUT2D eigenvalue weighted by molar-refractivity contribution is -0.183. The molecule has 0 aliphatic carbocycles. The summed E-state index contributed by atoms with van der Waals surface area (Å²) < 4.78 is 14.6. The van der Waals surface area contributed by atoms with Crippen molar-refractivity contribution in [3.63, 3.8) is 0 Å². The Kier molecular flexibility index (Phi) is 5.32. The maximum Gasteiger partial charge on any atom is 0.330 e. The number of rotatable bonds is 5. The summed E-state index contributed by atoms with van der Waals surface area (Å²) in [5.74, 6) is -0.485. The van der Waals surface area contributed by atoms with Crippen molar-refractivity contribution >= 4 is 5.97 Å². The van der Waals surface area contributed by atoms with Crippen LogP contribution in [0.4, 0.5) is 0 Å².